The summed E-state index contributed by atoms with van der Waals surface area (Å²) in [6.07, 6.45) is 6.84. The van der Waals surface area contributed by atoms with Crippen molar-refractivity contribution in [3.05, 3.63) is 46.9 Å². The topological polar surface area (TPSA) is 64.3 Å². The number of rotatable bonds is 6. The lowest BCUT2D eigenvalue weighted by molar-refractivity contribution is -0.117. The van der Waals surface area contributed by atoms with Crippen LogP contribution in [0.5, 0.6) is 0 Å². The molecule has 0 spiro atoms. The normalized spacial score (nSPS) is 18.2. The van der Waals surface area contributed by atoms with Crippen LogP contribution in [0.4, 0.5) is 10.2 Å². The first-order valence-electron chi connectivity index (χ1n) is 12.1. The average molecular weight is 452 g/mol. The molecule has 1 aromatic heterocycles. The first-order valence-corrected chi connectivity index (χ1v) is 12.1. The molecule has 1 saturated heterocycles. The highest BCUT2D eigenvalue weighted by molar-refractivity contribution is 5.93. The zero-order valence-electron chi connectivity index (χ0n) is 19.7. The van der Waals surface area contributed by atoms with Crippen LogP contribution in [-0.4, -0.2) is 59.5 Å². The van der Waals surface area contributed by atoms with E-state index in [0.717, 1.165) is 43.4 Å². The van der Waals surface area contributed by atoms with Gasteiger partial charge in [-0.05, 0) is 62.4 Å². The maximum absolute atomic E-state index is 13.4. The van der Waals surface area contributed by atoms with Gasteiger partial charge in [0.25, 0.3) is 0 Å². The van der Waals surface area contributed by atoms with Crippen LogP contribution >= 0.6 is 0 Å². The molecule has 2 fully saturated rings. The van der Waals surface area contributed by atoms with Crippen LogP contribution in [0.25, 0.3) is 5.69 Å². The highest BCUT2D eigenvalue weighted by Gasteiger charge is 2.25. The molecule has 1 aliphatic heterocycles. The fraction of sp³-hybridized carbons (Fsp3) is 0.538. The summed E-state index contributed by atoms with van der Waals surface area (Å²) in [6.45, 7) is 9.01. The van der Waals surface area contributed by atoms with Gasteiger partial charge in [0.05, 0.1) is 12.1 Å². The van der Waals surface area contributed by atoms with Crippen LogP contribution in [-0.2, 0) is 4.79 Å². The predicted molar refractivity (Wildman–Crippen MR) is 128 cm³/mol. The zero-order valence-corrected chi connectivity index (χ0v) is 19.7. The van der Waals surface area contributed by atoms with Gasteiger partial charge in [-0.2, -0.15) is 5.26 Å². The lowest BCUT2D eigenvalue weighted by atomic mass is 9.89. The number of amides is 1. The minimum atomic E-state index is -0.325. The molecular weight excluding hydrogens is 417 g/mol. The van der Waals surface area contributed by atoms with E-state index in [2.05, 4.69) is 21.2 Å². The van der Waals surface area contributed by atoms with Crippen molar-refractivity contribution in [3.8, 4) is 11.8 Å². The summed E-state index contributed by atoms with van der Waals surface area (Å²) >= 11 is 0. The van der Waals surface area contributed by atoms with Gasteiger partial charge in [-0.3, -0.25) is 14.3 Å². The van der Waals surface area contributed by atoms with Gasteiger partial charge < -0.3 is 10.2 Å². The highest BCUT2D eigenvalue weighted by Crippen LogP contribution is 2.30. The second kappa shape index (κ2) is 10.5. The summed E-state index contributed by atoms with van der Waals surface area (Å²) < 4.78 is 15.3. The average Bonchev–Trinajstić information content (AvgIpc) is 3.05. The molecule has 176 valence electrons. The smallest absolute Gasteiger partial charge is 0.239 e. The molecule has 1 aromatic carbocycles. The van der Waals surface area contributed by atoms with Crippen LogP contribution in [0, 0.1) is 36.9 Å². The molecule has 2 heterocycles. The summed E-state index contributed by atoms with van der Waals surface area (Å²) in [5.74, 6) is 0.839. The van der Waals surface area contributed by atoms with E-state index < -0.39 is 0 Å². The molecule has 1 aliphatic carbocycles. The van der Waals surface area contributed by atoms with Crippen molar-refractivity contribution in [2.75, 3.05) is 44.6 Å². The molecule has 4 rings (SSSR count). The van der Waals surface area contributed by atoms with Crippen LogP contribution in [0.2, 0.25) is 0 Å². The predicted octanol–water partition coefficient (Wildman–Crippen LogP) is 4.24. The summed E-state index contributed by atoms with van der Waals surface area (Å²) in [6, 6.07) is 8.31. The number of nitrogens with one attached hydrogen (secondary N) is 1. The first kappa shape index (κ1) is 23.5. The molecule has 0 bridgehead atoms. The van der Waals surface area contributed by atoms with Crippen LogP contribution in [0.15, 0.2) is 24.3 Å². The summed E-state index contributed by atoms with van der Waals surface area (Å²) in [7, 11) is 0. The molecule has 33 heavy (non-hydrogen) atoms. The Labute approximate surface area is 196 Å². The third-order valence-corrected chi connectivity index (χ3v) is 7.24. The third-order valence-electron chi connectivity index (χ3n) is 7.24. The Bertz CT molecular complexity index is 1010. The molecule has 6 nitrogen and oxygen atoms in total. The van der Waals surface area contributed by atoms with Crippen molar-refractivity contribution in [2.45, 2.75) is 46.0 Å². The number of piperazine rings is 1. The number of nitrogens with zero attached hydrogens (tertiary/aromatic N) is 4. The molecule has 1 saturated carbocycles. The highest BCUT2D eigenvalue weighted by atomic mass is 19.1. The van der Waals surface area contributed by atoms with Gasteiger partial charge in [0.1, 0.15) is 17.7 Å². The Kier molecular flexibility index (Phi) is 7.46. The first-order chi connectivity index (χ1) is 16.0. The second-order valence-corrected chi connectivity index (χ2v) is 9.49. The van der Waals surface area contributed by atoms with Gasteiger partial charge in [-0.1, -0.05) is 19.3 Å². The maximum Gasteiger partial charge on any atom is 0.239 e. The summed E-state index contributed by atoms with van der Waals surface area (Å²) in [4.78, 5) is 17.7. The van der Waals surface area contributed by atoms with Crippen molar-refractivity contribution in [2.24, 2.45) is 5.92 Å². The Hall–Kier alpha value is -2.69. The fourth-order valence-corrected chi connectivity index (χ4v) is 5.21. The van der Waals surface area contributed by atoms with Crippen molar-refractivity contribution < 1.29 is 9.18 Å². The Morgan fingerprint density at radius 2 is 1.70 bits per heavy atom. The number of carbonyl (C=O) groups is 1. The van der Waals surface area contributed by atoms with Gasteiger partial charge in [0.15, 0.2) is 0 Å². The standard InChI is InChI=1S/C26H34FN5O/c1-19-20(2)32(23-10-8-22(27)9-11-23)26(24(19)16-28)29-25(33)18-31-14-12-30(13-15-31)17-21-6-4-3-5-7-21/h8-11,21H,3-7,12-15,17-18H2,1-2H3,(H,29,33). The fourth-order valence-electron chi connectivity index (χ4n) is 5.21. The molecule has 1 amide bonds. The van der Waals surface area contributed by atoms with E-state index in [1.807, 2.05) is 18.4 Å². The molecule has 1 N–H and O–H groups in total. The number of nitriles is 1. The zero-order chi connectivity index (χ0) is 23.4. The molecule has 7 heteroatoms. The minimum absolute atomic E-state index is 0.131. The SMILES string of the molecule is Cc1c(C#N)c(NC(=O)CN2CCN(CC3CCCCC3)CC2)n(-c2ccc(F)cc2)c1C. The number of halogens is 1. The van der Waals surface area contributed by atoms with Crippen LogP contribution in [0.3, 0.4) is 0 Å². The van der Waals surface area contributed by atoms with Crippen molar-refractivity contribution in [3.63, 3.8) is 0 Å². The van der Waals surface area contributed by atoms with Crippen LogP contribution in [0.1, 0.15) is 48.9 Å². The monoisotopic (exact) mass is 451 g/mol. The van der Waals surface area contributed by atoms with Crippen molar-refractivity contribution in [1.29, 1.82) is 5.26 Å². The lowest BCUT2D eigenvalue weighted by Crippen LogP contribution is -2.49. The molecule has 2 aliphatic rings. The molecular formula is C26H34FN5O. The Morgan fingerprint density at radius 1 is 1.06 bits per heavy atom. The number of benzene rings is 1. The summed E-state index contributed by atoms with van der Waals surface area (Å²) in [5, 5.41) is 12.7. The number of aromatic nitrogens is 1. The van der Waals surface area contributed by atoms with Gasteiger partial charge >= 0.3 is 0 Å². The van der Waals surface area contributed by atoms with E-state index in [4.69, 9.17) is 0 Å². The third kappa shape index (κ3) is 5.45. The lowest BCUT2D eigenvalue weighted by Gasteiger charge is -2.37. The number of anilines is 1. The van der Waals surface area contributed by atoms with E-state index in [9.17, 15) is 14.4 Å². The number of carbonyl (C=O) groups excluding carboxylic acids is 1. The molecule has 2 aromatic rings. The summed E-state index contributed by atoms with van der Waals surface area (Å²) in [5.41, 5.74) is 2.82. The van der Waals surface area contributed by atoms with E-state index in [1.54, 1.807) is 12.1 Å². The Morgan fingerprint density at radius 3 is 2.33 bits per heavy atom. The van der Waals surface area contributed by atoms with Crippen LogP contribution < -0.4 is 5.32 Å². The van der Waals surface area contributed by atoms with Gasteiger partial charge in [0, 0.05) is 44.1 Å². The molecule has 0 radical (unpaired) electrons. The van der Waals surface area contributed by atoms with Crippen molar-refractivity contribution >= 4 is 11.7 Å². The van der Waals surface area contributed by atoms with E-state index >= 15 is 0 Å². The van der Waals surface area contributed by atoms with Gasteiger partial charge in [-0.25, -0.2) is 4.39 Å². The van der Waals surface area contributed by atoms with E-state index in [0.29, 0.717) is 23.6 Å². The number of hydrogen-bond acceptors (Lipinski definition) is 4. The van der Waals surface area contributed by atoms with E-state index in [1.165, 1.54) is 50.8 Å². The molecule has 0 unspecified atom stereocenters. The maximum atomic E-state index is 13.4. The molecule has 0 atom stereocenters. The van der Waals surface area contributed by atoms with Crippen molar-refractivity contribution in [1.82, 2.24) is 14.4 Å². The Balaban J connectivity index is 1.39. The minimum Gasteiger partial charge on any atom is -0.310 e. The van der Waals surface area contributed by atoms with Gasteiger partial charge in [-0.15, -0.1) is 0 Å². The van der Waals surface area contributed by atoms with E-state index in [-0.39, 0.29) is 11.7 Å². The number of hydrogen-bond donors (Lipinski definition) is 1. The second-order valence-electron chi connectivity index (χ2n) is 9.49. The quantitative estimate of drug-likeness (QED) is 0.714. The largest absolute Gasteiger partial charge is 0.310 e. The van der Waals surface area contributed by atoms with Gasteiger partial charge in [0.2, 0.25) is 5.91 Å².